The summed E-state index contributed by atoms with van der Waals surface area (Å²) in [5, 5.41) is 0. The molecule has 108 valence electrons. The molecule has 0 atom stereocenters. The van der Waals surface area contributed by atoms with Crippen LogP contribution in [0, 0.1) is 0 Å². The lowest BCUT2D eigenvalue weighted by molar-refractivity contribution is -0.139. The highest BCUT2D eigenvalue weighted by Gasteiger charge is 2.20. The first-order chi connectivity index (χ1) is 9.12. The standard InChI is InChI=1S/C15H24O4/c1-5-7-8-9-11-13(15(17)19-4)12(10-6-2)14(16)18-3/h6H,2,5,7-11H2,1,3-4H3/b13-12-. The lowest BCUT2D eigenvalue weighted by Crippen LogP contribution is -2.14. The van der Waals surface area contributed by atoms with E-state index in [1.165, 1.54) is 14.2 Å². The van der Waals surface area contributed by atoms with Crippen LogP contribution in [-0.2, 0) is 19.1 Å². The molecule has 0 amide bonds. The largest absolute Gasteiger partial charge is 0.466 e. The second-order valence-electron chi connectivity index (χ2n) is 4.24. The number of allylic oxidation sites excluding steroid dienone is 1. The van der Waals surface area contributed by atoms with Gasteiger partial charge < -0.3 is 9.47 Å². The van der Waals surface area contributed by atoms with Crippen molar-refractivity contribution in [2.75, 3.05) is 14.2 Å². The number of methoxy groups -OCH3 is 2. The van der Waals surface area contributed by atoms with Crippen LogP contribution in [0.1, 0.15) is 45.4 Å². The molecule has 0 aromatic rings. The van der Waals surface area contributed by atoms with E-state index >= 15 is 0 Å². The van der Waals surface area contributed by atoms with Gasteiger partial charge in [-0.25, -0.2) is 9.59 Å². The molecule has 0 N–H and O–H groups in total. The van der Waals surface area contributed by atoms with Gasteiger partial charge in [-0.05, 0) is 19.3 Å². The second-order valence-corrected chi connectivity index (χ2v) is 4.24. The van der Waals surface area contributed by atoms with Crippen molar-refractivity contribution in [2.45, 2.75) is 45.4 Å². The molecule has 0 radical (unpaired) electrons. The quantitative estimate of drug-likeness (QED) is 0.279. The topological polar surface area (TPSA) is 52.6 Å². The van der Waals surface area contributed by atoms with Gasteiger partial charge in [0, 0.05) is 5.57 Å². The Morgan fingerprint density at radius 1 is 1.00 bits per heavy atom. The van der Waals surface area contributed by atoms with Crippen LogP contribution < -0.4 is 0 Å². The molecule has 0 saturated carbocycles. The van der Waals surface area contributed by atoms with Gasteiger partial charge in [-0.3, -0.25) is 0 Å². The third-order valence-corrected chi connectivity index (χ3v) is 2.86. The number of rotatable bonds is 9. The Morgan fingerprint density at radius 2 is 1.58 bits per heavy atom. The summed E-state index contributed by atoms with van der Waals surface area (Å²) in [5.74, 6) is -0.950. The van der Waals surface area contributed by atoms with Crippen molar-refractivity contribution >= 4 is 11.9 Å². The van der Waals surface area contributed by atoms with E-state index in [9.17, 15) is 9.59 Å². The number of esters is 2. The van der Waals surface area contributed by atoms with Crippen molar-refractivity contribution in [3.63, 3.8) is 0 Å². The van der Waals surface area contributed by atoms with E-state index in [1.54, 1.807) is 6.08 Å². The van der Waals surface area contributed by atoms with Gasteiger partial charge in [0.05, 0.1) is 19.8 Å². The number of carbonyl (C=O) groups is 2. The molecule has 19 heavy (non-hydrogen) atoms. The molecule has 0 aromatic heterocycles. The summed E-state index contributed by atoms with van der Waals surface area (Å²) in [6, 6.07) is 0. The Labute approximate surface area is 115 Å². The van der Waals surface area contributed by atoms with Gasteiger partial charge in [0.15, 0.2) is 0 Å². The minimum absolute atomic E-state index is 0.310. The van der Waals surface area contributed by atoms with Crippen molar-refractivity contribution in [1.29, 1.82) is 0 Å². The summed E-state index contributed by atoms with van der Waals surface area (Å²) in [7, 11) is 2.62. The van der Waals surface area contributed by atoms with E-state index in [-0.39, 0.29) is 0 Å². The van der Waals surface area contributed by atoms with Crippen molar-refractivity contribution in [3.05, 3.63) is 23.8 Å². The predicted molar refractivity (Wildman–Crippen MR) is 74.6 cm³/mol. The van der Waals surface area contributed by atoms with Crippen LogP contribution >= 0.6 is 0 Å². The molecule has 4 nitrogen and oxygen atoms in total. The Bertz CT molecular complexity index is 342. The van der Waals surface area contributed by atoms with Crippen LogP contribution in [0.2, 0.25) is 0 Å². The Hall–Kier alpha value is -1.58. The molecule has 0 aliphatic heterocycles. The summed E-state index contributed by atoms with van der Waals surface area (Å²) >= 11 is 0. The smallest absolute Gasteiger partial charge is 0.334 e. The van der Waals surface area contributed by atoms with Crippen LogP contribution in [0.5, 0.6) is 0 Å². The molecule has 0 rings (SSSR count). The third kappa shape index (κ3) is 6.22. The van der Waals surface area contributed by atoms with E-state index in [4.69, 9.17) is 9.47 Å². The van der Waals surface area contributed by atoms with Crippen molar-refractivity contribution in [1.82, 2.24) is 0 Å². The maximum Gasteiger partial charge on any atom is 0.334 e. The fraction of sp³-hybridized carbons (Fsp3) is 0.600. The van der Waals surface area contributed by atoms with E-state index < -0.39 is 11.9 Å². The van der Waals surface area contributed by atoms with Crippen LogP contribution in [0.3, 0.4) is 0 Å². The van der Waals surface area contributed by atoms with Crippen molar-refractivity contribution in [2.24, 2.45) is 0 Å². The van der Waals surface area contributed by atoms with E-state index in [1.807, 2.05) is 0 Å². The first-order valence-corrected chi connectivity index (χ1v) is 6.61. The lowest BCUT2D eigenvalue weighted by atomic mass is 9.99. The molecule has 0 heterocycles. The van der Waals surface area contributed by atoms with Crippen molar-refractivity contribution < 1.29 is 19.1 Å². The molecule has 0 aliphatic carbocycles. The highest BCUT2D eigenvalue weighted by molar-refractivity contribution is 6.00. The highest BCUT2D eigenvalue weighted by Crippen LogP contribution is 2.20. The Balaban J connectivity index is 5.06. The molecule has 0 bridgehead atoms. The Morgan fingerprint density at radius 3 is 2.05 bits per heavy atom. The van der Waals surface area contributed by atoms with Gasteiger partial charge in [-0.2, -0.15) is 0 Å². The minimum atomic E-state index is -0.490. The fourth-order valence-electron chi connectivity index (χ4n) is 1.83. The molecule has 0 fully saturated rings. The van der Waals surface area contributed by atoms with Crippen molar-refractivity contribution in [3.8, 4) is 0 Å². The minimum Gasteiger partial charge on any atom is -0.466 e. The molecule has 0 spiro atoms. The summed E-state index contributed by atoms with van der Waals surface area (Å²) in [6.45, 7) is 5.72. The maximum atomic E-state index is 11.8. The Kier molecular flexibility index (Phi) is 9.49. The fourth-order valence-corrected chi connectivity index (χ4v) is 1.83. The van der Waals surface area contributed by atoms with Gasteiger partial charge in [-0.15, -0.1) is 6.58 Å². The zero-order chi connectivity index (χ0) is 14.7. The first kappa shape index (κ1) is 17.4. The SMILES string of the molecule is C=CC/C(C(=O)OC)=C(\CCCCCC)C(=O)OC. The molecule has 4 heteroatoms. The molecule has 0 saturated heterocycles. The van der Waals surface area contributed by atoms with Gasteiger partial charge in [-0.1, -0.05) is 32.3 Å². The molecular weight excluding hydrogens is 244 g/mol. The van der Waals surface area contributed by atoms with Gasteiger partial charge in [0.1, 0.15) is 0 Å². The summed E-state index contributed by atoms with van der Waals surface area (Å²) in [6.07, 6.45) is 6.55. The zero-order valence-corrected chi connectivity index (χ0v) is 12.2. The molecule has 0 aromatic carbocycles. The van der Waals surface area contributed by atoms with Crippen LogP contribution in [-0.4, -0.2) is 26.2 Å². The zero-order valence-electron chi connectivity index (χ0n) is 12.2. The lowest BCUT2D eigenvalue weighted by Gasteiger charge is -2.11. The molecular formula is C15H24O4. The number of ether oxygens (including phenoxy) is 2. The average molecular weight is 268 g/mol. The van der Waals surface area contributed by atoms with Crippen LogP contribution in [0.4, 0.5) is 0 Å². The van der Waals surface area contributed by atoms with Crippen LogP contribution in [0.25, 0.3) is 0 Å². The predicted octanol–water partition coefficient (Wildman–Crippen LogP) is 3.18. The van der Waals surface area contributed by atoms with E-state index in [2.05, 4.69) is 13.5 Å². The number of hydrogen-bond donors (Lipinski definition) is 0. The first-order valence-electron chi connectivity index (χ1n) is 6.61. The molecule has 0 unspecified atom stereocenters. The van der Waals surface area contributed by atoms with Gasteiger partial charge in [0.25, 0.3) is 0 Å². The third-order valence-electron chi connectivity index (χ3n) is 2.86. The summed E-state index contributed by atoms with van der Waals surface area (Å²) in [5.41, 5.74) is 0.756. The summed E-state index contributed by atoms with van der Waals surface area (Å²) < 4.78 is 9.47. The van der Waals surface area contributed by atoms with E-state index in [0.717, 1.165) is 25.7 Å². The average Bonchev–Trinajstić information content (AvgIpc) is 2.44. The summed E-state index contributed by atoms with van der Waals surface area (Å²) in [4.78, 5) is 23.5. The van der Waals surface area contributed by atoms with Gasteiger partial charge >= 0.3 is 11.9 Å². The normalized spacial score (nSPS) is 11.5. The van der Waals surface area contributed by atoms with Gasteiger partial charge in [0.2, 0.25) is 0 Å². The second kappa shape index (κ2) is 10.4. The number of unbranched alkanes of at least 4 members (excludes halogenated alkanes) is 3. The van der Waals surface area contributed by atoms with E-state index in [0.29, 0.717) is 24.0 Å². The highest BCUT2D eigenvalue weighted by atomic mass is 16.5. The maximum absolute atomic E-state index is 11.8. The number of carbonyl (C=O) groups excluding carboxylic acids is 2. The van der Waals surface area contributed by atoms with Crippen LogP contribution in [0.15, 0.2) is 23.8 Å². The number of hydrogen-bond acceptors (Lipinski definition) is 4. The monoisotopic (exact) mass is 268 g/mol. The molecule has 0 aliphatic rings.